The van der Waals surface area contributed by atoms with Crippen LogP contribution < -0.4 is 5.32 Å². The number of nitrogens with zero attached hydrogens (tertiary/aromatic N) is 1. The first-order chi connectivity index (χ1) is 8.15. The smallest absolute Gasteiger partial charge is 0.0897 e. The maximum atomic E-state index is 4.57. The first-order valence-corrected chi connectivity index (χ1v) is 7.68. The molecule has 0 amide bonds. The van der Waals surface area contributed by atoms with Crippen molar-refractivity contribution in [1.82, 2.24) is 10.3 Å². The zero-order chi connectivity index (χ0) is 12.7. The van der Waals surface area contributed by atoms with Crippen LogP contribution in [-0.2, 0) is 6.42 Å². The van der Waals surface area contributed by atoms with Crippen molar-refractivity contribution in [2.75, 3.05) is 6.54 Å². The highest BCUT2D eigenvalue weighted by atomic mass is 32.1. The zero-order valence-corrected chi connectivity index (χ0v) is 12.4. The molecule has 1 rings (SSSR count). The molecule has 1 aromatic rings. The van der Waals surface area contributed by atoms with Crippen LogP contribution in [0.15, 0.2) is 5.38 Å². The normalized spacial score (nSPS) is 14.8. The van der Waals surface area contributed by atoms with Crippen LogP contribution in [0.2, 0.25) is 0 Å². The zero-order valence-electron chi connectivity index (χ0n) is 11.6. The van der Waals surface area contributed by atoms with Gasteiger partial charge in [0.25, 0.3) is 0 Å². The number of thiazole rings is 1. The van der Waals surface area contributed by atoms with Crippen molar-refractivity contribution in [3.8, 4) is 0 Å². The molecule has 0 aliphatic heterocycles. The van der Waals surface area contributed by atoms with Gasteiger partial charge in [-0.3, -0.25) is 0 Å². The maximum Gasteiger partial charge on any atom is 0.0897 e. The average Bonchev–Trinajstić information content (AvgIpc) is 2.71. The van der Waals surface area contributed by atoms with E-state index in [9.17, 15) is 0 Å². The van der Waals surface area contributed by atoms with Gasteiger partial charge in [-0.15, -0.1) is 11.3 Å². The van der Waals surface area contributed by atoms with Crippen molar-refractivity contribution in [1.29, 1.82) is 0 Å². The molecule has 0 aliphatic rings. The lowest BCUT2D eigenvalue weighted by molar-refractivity contribution is 0.390. The molecule has 1 N–H and O–H groups in total. The van der Waals surface area contributed by atoms with E-state index in [1.165, 1.54) is 30.0 Å². The lowest BCUT2D eigenvalue weighted by Crippen LogP contribution is -2.33. The maximum absolute atomic E-state index is 4.57. The molecule has 0 aliphatic carbocycles. The molecule has 0 bridgehead atoms. The highest BCUT2D eigenvalue weighted by Gasteiger charge is 2.13. The van der Waals surface area contributed by atoms with E-state index in [4.69, 9.17) is 0 Å². The van der Waals surface area contributed by atoms with E-state index >= 15 is 0 Å². The summed E-state index contributed by atoms with van der Waals surface area (Å²) in [5, 5.41) is 7.04. The topological polar surface area (TPSA) is 24.9 Å². The lowest BCUT2D eigenvalue weighted by Gasteiger charge is -2.20. The minimum Gasteiger partial charge on any atom is -0.314 e. The van der Waals surface area contributed by atoms with Gasteiger partial charge in [0, 0.05) is 17.8 Å². The minimum atomic E-state index is 0.589. The number of nitrogens with one attached hydrogen (secondary N) is 1. The second-order valence-corrected chi connectivity index (χ2v) is 6.02. The summed E-state index contributed by atoms with van der Waals surface area (Å²) in [7, 11) is 0. The molecular formula is C14H26N2S. The van der Waals surface area contributed by atoms with Gasteiger partial charge >= 0.3 is 0 Å². The first kappa shape index (κ1) is 14.7. The molecule has 0 aromatic carbocycles. The summed E-state index contributed by atoms with van der Waals surface area (Å²) in [6, 6.07) is 0.589. The standard InChI is InChI=1S/C14H26N2S/c1-5-7-15-13(8-11(3)6-2)9-14-10-17-12(4)16-14/h10-11,13,15H,5-9H2,1-4H3. The predicted molar refractivity (Wildman–Crippen MR) is 76.7 cm³/mol. The van der Waals surface area contributed by atoms with Crippen LogP contribution in [-0.4, -0.2) is 17.6 Å². The Labute approximate surface area is 110 Å². The van der Waals surface area contributed by atoms with E-state index in [2.05, 4.69) is 43.4 Å². The number of rotatable bonds is 8. The molecule has 0 spiro atoms. The molecule has 98 valence electrons. The van der Waals surface area contributed by atoms with Gasteiger partial charge in [0.15, 0.2) is 0 Å². The summed E-state index contributed by atoms with van der Waals surface area (Å²) in [4.78, 5) is 4.57. The summed E-state index contributed by atoms with van der Waals surface area (Å²) in [5.74, 6) is 0.795. The van der Waals surface area contributed by atoms with Gasteiger partial charge in [0.2, 0.25) is 0 Å². The van der Waals surface area contributed by atoms with Crippen molar-refractivity contribution in [3.63, 3.8) is 0 Å². The van der Waals surface area contributed by atoms with Crippen molar-refractivity contribution >= 4 is 11.3 Å². The molecule has 3 heteroatoms. The Kier molecular flexibility index (Phi) is 6.75. The van der Waals surface area contributed by atoms with Crippen LogP contribution >= 0.6 is 11.3 Å². The van der Waals surface area contributed by atoms with Gasteiger partial charge in [-0.2, -0.15) is 0 Å². The summed E-state index contributed by atoms with van der Waals surface area (Å²) in [5.41, 5.74) is 1.25. The second kappa shape index (κ2) is 7.83. The van der Waals surface area contributed by atoms with Crippen molar-refractivity contribution < 1.29 is 0 Å². The van der Waals surface area contributed by atoms with Crippen molar-refractivity contribution in [3.05, 3.63) is 16.1 Å². The van der Waals surface area contributed by atoms with Gasteiger partial charge in [0.05, 0.1) is 10.7 Å². The fraction of sp³-hybridized carbons (Fsp3) is 0.786. The van der Waals surface area contributed by atoms with Gasteiger partial charge < -0.3 is 5.32 Å². The van der Waals surface area contributed by atoms with Gasteiger partial charge in [-0.25, -0.2) is 4.98 Å². The first-order valence-electron chi connectivity index (χ1n) is 6.80. The lowest BCUT2D eigenvalue weighted by atomic mass is 9.96. The van der Waals surface area contributed by atoms with Gasteiger partial charge in [-0.1, -0.05) is 27.2 Å². The third kappa shape index (κ3) is 5.64. The molecule has 0 saturated carbocycles. The molecule has 2 atom stereocenters. The fourth-order valence-corrected chi connectivity index (χ4v) is 2.62. The van der Waals surface area contributed by atoms with Crippen LogP contribution in [0, 0.1) is 12.8 Å². The molecule has 17 heavy (non-hydrogen) atoms. The quantitative estimate of drug-likeness (QED) is 0.763. The summed E-state index contributed by atoms with van der Waals surface area (Å²) < 4.78 is 0. The summed E-state index contributed by atoms with van der Waals surface area (Å²) in [6.45, 7) is 10.0. The summed E-state index contributed by atoms with van der Waals surface area (Å²) in [6.07, 6.45) is 4.80. The molecule has 2 nitrogen and oxygen atoms in total. The number of hydrogen-bond donors (Lipinski definition) is 1. The summed E-state index contributed by atoms with van der Waals surface area (Å²) >= 11 is 1.76. The Morgan fingerprint density at radius 2 is 2.18 bits per heavy atom. The Morgan fingerprint density at radius 1 is 1.41 bits per heavy atom. The number of hydrogen-bond acceptors (Lipinski definition) is 3. The van der Waals surface area contributed by atoms with Crippen LogP contribution in [0.25, 0.3) is 0 Å². The Balaban J connectivity index is 2.50. The number of aryl methyl sites for hydroxylation is 1. The molecule has 0 saturated heterocycles. The molecule has 1 heterocycles. The highest BCUT2D eigenvalue weighted by Crippen LogP contribution is 2.15. The largest absolute Gasteiger partial charge is 0.314 e. The second-order valence-electron chi connectivity index (χ2n) is 4.96. The SMILES string of the molecule is CCCNC(Cc1csc(C)n1)CC(C)CC. The van der Waals surface area contributed by atoms with Crippen LogP contribution in [0.5, 0.6) is 0 Å². The van der Waals surface area contributed by atoms with Crippen LogP contribution in [0.3, 0.4) is 0 Å². The van der Waals surface area contributed by atoms with Crippen molar-refractivity contribution in [2.45, 2.75) is 59.4 Å². The number of aromatic nitrogens is 1. The third-order valence-electron chi connectivity index (χ3n) is 3.19. The molecule has 0 fully saturated rings. The minimum absolute atomic E-state index is 0.589. The van der Waals surface area contributed by atoms with Crippen molar-refractivity contribution in [2.24, 2.45) is 5.92 Å². The molecule has 1 aromatic heterocycles. The van der Waals surface area contributed by atoms with E-state index in [1.807, 2.05) is 0 Å². The Morgan fingerprint density at radius 3 is 2.71 bits per heavy atom. The average molecular weight is 254 g/mol. The Hall–Kier alpha value is -0.410. The van der Waals surface area contributed by atoms with Gasteiger partial charge in [-0.05, 0) is 32.2 Å². The molecular weight excluding hydrogens is 228 g/mol. The van der Waals surface area contributed by atoms with Crippen LogP contribution in [0.1, 0.15) is 50.7 Å². The third-order valence-corrected chi connectivity index (χ3v) is 4.01. The van der Waals surface area contributed by atoms with E-state index in [-0.39, 0.29) is 0 Å². The fourth-order valence-electron chi connectivity index (χ4n) is 1.99. The highest BCUT2D eigenvalue weighted by molar-refractivity contribution is 7.09. The van der Waals surface area contributed by atoms with E-state index in [0.29, 0.717) is 6.04 Å². The monoisotopic (exact) mass is 254 g/mol. The Bertz CT molecular complexity index is 309. The van der Waals surface area contributed by atoms with E-state index in [1.54, 1.807) is 11.3 Å². The van der Waals surface area contributed by atoms with Crippen LogP contribution in [0.4, 0.5) is 0 Å². The van der Waals surface area contributed by atoms with E-state index < -0.39 is 0 Å². The van der Waals surface area contributed by atoms with E-state index in [0.717, 1.165) is 18.9 Å². The van der Waals surface area contributed by atoms with Gasteiger partial charge in [0.1, 0.15) is 0 Å². The molecule has 0 radical (unpaired) electrons. The molecule has 2 unspecified atom stereocenters. The predicted octanol–water partition coefficient (Wildman–Crippen LogP) is 3.80.